The molecule has 204 valence electrons. The van der Waals surface area contributed by atoms with Crippen molar-refractivity contribution < 1.29 is 22.6 Å². The van der Waals surface area contributed by atoms with Crippen LogP contribution in [0, 0.1) is 13.8 Å². The van der Waals surface area contributed by atoms with Crippen molar-refractivity contribution in [3.63, 3.8) is 0 Å². The highest BCUT2D eigenvalue weighted by Gasteiger charge is 2.40. The molecular weight excluding hydrogens is 520 g/mol. The fraction of sp³-hybridized carbons (Fsp3) is 0.370. The molecule has 3 aromatic heterocycles. The van der Waals surface area contributed by atoms with E-state index in [1.165, 1.54) is 0 Å². The Hall–Kier alpha value is -3.90. The van der Waals surface area contributed by atoms with Crippen molar-refractivity contribution >= 4 is 9.84 Å². The molecule has 1 aliphatic rings. The molecule has 11 nitrogen and oxygen atoms in total. The monoisotopic (exact) mass is 550 g/mol. The number of ether oxygens (including phenoxy) is 3. The second-order valence-electron chi connectivity index (χ2n) is 9.44. The first-order valence-corrected chi connectivity index (χ1v) is 14.2. The molecule has 4 heterocycles. The van der Waals surface area contributed by atoms with Crippen LogP contribution >= 0.6 is 0 Å². The fourth-order valence-corrected chi connectivity index (χ4v) is 6.62. The first kappa shape index (κ1) is 26.7. The van der Waals surface area contributed by atoms with E-state index in [1.807, 2.05) is 19.9 Å². The first-order valence-electron chi connectivity index (χ1n) is 12.5. The highest BCUT2D eigenvalue weighted by atomic mass is 32.2. The zero-order valence-electron chi connectivity index (χ0n) is 22.2. The van der Waals surface area contributed by atoms with Gasteiger partial charge in [0.25, 0.3) is 0 Å². The van der Waals surface area contributed by atoms with Crippen LogP contribution in [0.5, 0.6) is 11.5 Å². The van der Waals surface area contributed by atoms with Gasteiger partial charge in [-0.3, -0.25) is 9.55 Å². The molecule has 0 bridgehead atoms. The van der Waals surface area contributed by atoms with Crippen LogP contribution in [0.1, 0.15) is 41.7 Å². The minimum absolute atomic E-state index is 0.212. The van der Waals surface area contributed by atoms with E-state index in [9.17, 15) is 8.42 Å². The molecule has 1 aliphatic heterocycles. The second-order valence-corrected chi connectivity index (χ2v) is 11.7. The minimum atomic E-state index is -3.82. The van der Waals surface area contributed by atoms with Crippen molar-refractivity contribution in [1.82, 2.24) is 29.7 Å². The molecule has 0 amide bonds. The summed E-state index contributed by atoms with van der Waals surface area (Å²) in [5.74, 6) is 1.54. The van der Waals surface area contributed by atoms with Gasteiger partial charge in [0.1, 0.15) is 29.0 Å². The largest absolute Gasteiger partial charge is 0.494 e. The third-order valence-electron chi connectivity index (χ3n) is 6.60. The summed E-state index contributed by atoms with van der Waals surface area (Å²) in [5.41, 5.74) is 2.97. The number of rotatable bonds is 8. The summed E-state index contributed by atoms with van der Waals surface area (Å²) in [7, 11) is -0.736. The van der Waals surface area contributed by atoms with Gasteiger partial charge in [-0.2, -0.15) is 0 Å². The maximum atomic E-state index is 14.0. The maximum absolute atomic E-state index is 14.0. The smallest absolute Gasteiger partial charge is 0.170 e. The lowest BCUT2D eigenvalue weighted by Crippen LogP contribution is -2.36. The average Bonchev–Trinajstić information content (AvgIpc) is 3.35. The number of methoxy groups -OCH3 is 2. The Morgan fingerprint density at radius 1 is 1.00 bits per heavy atom. The van der Waals surface area contributed by atoms with Crippen LogP contribution in [-0.2, 0) is 20.3 Å². The van der Waals surface area contributed by atoms with Gasteiger partial charge in [-0.15, -0.1) is 10.2 Å². The summed E-state index contributed by atoms with van der Waals surface area (Å²) < 4.78 is 46.9. The molecule has 2 atom stereocenters. The van der Waals surface area contributed by atoms with Gasteiger partial charge in [-0.25, -0.2) is 18.4 Å². The highest BCUT2D eigenvalue weighted by molar-refractivity contribution is 7.91. The third-order valence-corrected chi connectivity index (χ3v) is 8.67. The zero-order valence-corrected chi connectivity index (χ0v) is 23.1. The summed E-state index contributed by atoms with van der Waals surface area (Å²) in [6, 6.07) is 7.25. The Morgan fingerprint density at radius 2 is 1.72 bits per heavy atom. The average molecular weight is 551 g/mol. The van der Waals surface area contributed by atoms with E-state index < -0.39 is 26.9 Å². The van der Waals surface area contributed by atoms with Crippen LogP contribution in [0.2, 0.25) is 0 Å². The molecular formula is C27H30N6O5S. The zero-order chi connectivity index (χ0) is 27.6. The predicted molar refractivity (Wildman–Crippen MR) is 144 cm³/mol. The quantitative estimate of drug-likeness (QED) is 0.321. The Bertz CT molecular complexity index is 1550. The van der Waals surface area contributed by atoms with E-state index in [-0.39, 0.29) is 5.82 Å². The lowest BCUT2D eigenvalue weighted by molar-refractivity contribution is 0.0124. The van der Waals surface area contributed by atoms with Gasteiger partial charge < -0.3 is 14.2 Å². The standard InChI is InChI=1S/C27H30N6O5S/c1-17-11-19(15-28-12-17)27-32-31-23(33(27)24-20(36-3)7-5-8-21(24)37-4)16-39(34,35)22-9-6-10-38-25(22)26-29-13-18(2)14-30-26/h5,7-8,11-15,22,25H,6,9-10,16H2,1-4H3/t22-,25+/m0/s1. The Morgan fingerprint density at radius 3 is 2.38 bits per heavy atom. The van der Waals surface area contributed by atoms with Gasteiger partial charge in [0.05, 0.1) is 19.5 Å². The lowest BCUT2D eigenvalue weighted by Gasteiger charge is -2.30. The summed E-state index contributed by atoms with van der Waals surface area (Å²) >= 11 is 0. The van der Waals surface area contributed by atoms with Crippen molar-refractivity contribution in [3.05, 3.63) is 71.8 Å². The summed E-state index contributed by atoms with van der Waals surface area (Å²) in [5, 5.41) is 7.93. The van der Waals surface area contributed by atoms with Crippen molar-refractivity contribution in [1.29, 1.82) is 0 Å². The van der Waals surface area contributed by atoms with Crippen LogP contribution in [0.4, 0.5) is 0 Å². The van der Waals surface area contributed by atoms with Gasteiger partial charge in [0.2, 0.25) is 0 Å². The van der Waals surface area contributed by atoms with Crippen LogP contribution in [-0.4, -0.2) is 64.2 Å². The molecule has 12 heteroatoms. The van der Waals surface area contributed by atoms with Crippen LogP contribution < -0.4 is 9.47 Å². The molecule has 0 N–H and O–H groups in total. The van der Waals surface area contributed by atoms with E-state index in [0.717, 1.165) is 11.1 Å². The van der Waals surface area contributed by atoms with Gasteiger partial charge in [0, 0.05) is 37.0 Å². The maximum Gasteiger partial charge on any atom is 0.170 e. The second kappa shape index (κ2) is 11.1. The van der Waals surface area contributed by atoms with Crippen LogP contribution in [0.25, 0.3) is 17.1 Å². The van der Waals surface area contributed by atoms with Gasteiger partial charge in [0.15, 0.2) is 27.3 Å². The van der Waals surface area contributed by atoms with Gasteiger partial charge >= 0.3 is 0 Å². The number of hydrogen-bond donors (Lipinski definition) is 0. The normalized spacial score (nSPS) is 17.6. The SMILES string of the molecule is COc1cccc(OC)c1-n1c(CS(=O)(=O)[C@H]2CCCO[C@H]2c2ncc(C)cn2)nnc1-c1cncc(C)c1. The van der Waals surface area contributed by atoms with E-state index in [1.54, 1.807) is 61.8 Å². The molecule has 0 spiro atoms. The number of para-hydroxylation sites is 1. The highest BCUT2D eigenvalue weighted by Crippen LogP contribution is 2.38. The van der Waals surface area contributed by atoms with Crippen molar-refractivity contribution in [2.24, 2.45) is 0 Å². The molecule has 5 rings (SSSR count). The number of pyridine rings is 1. The summed E-state index contributed by atoms with van der Waals surface area (Å²) in [6.45, 7) is 4.23. The molecule has 1 fully saturated rings. The van der Waals surface area contributed by atoms with E-state index in [4.69, 9.17) is 14.2 Å². The molecule has 39 heavy (non-hydrogen) atoms. The van der Waals surface area contributed by atoms with Crippen molar-refractivity contribution in [2.75, 3.05) is 20.8 Å². The lowest BCUT2D eigenvalue weighted by atomic mass is 10.1. The number of nitrogens with zero attached hydrogens (tertiary/aromatic N) is 6. The third kappa shape index (κ3) is 5.34. The summed E-state index contributed by atoms with van der Waals surface area (Å²) in [6.07, 6.45) is 6.98. The van der Waals surface area contributed by atoms with Crippen molar-refractivity contribution in [3.8, 4) is 28.6 Å². The molecule has 1 saturated heterocycles. The molecule has 0 unspecified atom stereocenters. The van der Waals surface area contributed by atoms with E-state index in [2.05, 4.69) is 25.1 Å². The Kier molecular flexibility index (Phi) is 7.58. The Balaban J connectivity index is 1.62. The van der Waals surface area contributed by atoms with E-state index in [0.29, 0.717) is 53.8 Å². The number of aromatic nitrogens is 6. The van der Waals surface area contributed by atoms with Crippen molar-refractivity contribution in [2.45, 2.75) is 43.8 Å². The molecule has 0 aliphatic carbocycles. The topological polar surface area (TPSA) is 131 Å². The number of sulfone groups is 1. The molecule has 4 aromatic rings. The van der Waals surface area contributed by atoms with Gasteiger partial charge in [-0.1, -0.05) is 6.07 Å². The first-order chi connectivity index (χ1) is 18.8. The fourth-order valence-electron chi connectivity index (χ4n) is 4.76. The molecule has 0 saturated carbocycles. The number of benzene rings is 1. The van der Waals surface area contributed by atoms with Crippen LogP contribution in [0.3, 0.4) is 0 Å². The summed E-state index contributed by atoms with van der Waals surface area (Å²) in [4.78, 5) is 13.0. The predicted octanol–water partition coefficient (Wildman–Crippen LogP) is 3.59. The Labute approximate surface area is 227 Å². The number of aryl methyl sites for hydroxylation is 2. The van der Waals surface area contributed by atoms with Gasteiger partial charge in [-0.05, 0) is 56.0 Å². The van der Waals surface area contributed by atoms with Crippen LogP contribution in [0.15, 0.2) is 49.1 Å². The minimum Gasteiger partial charge on any atom is -0.494 e. The molecule has 0 radical (unpaired) electrons. The van der Waals surface area contributed by atoms with E-state index >= 15 is 0 Å². The number of hydrogen-bond acceptors (Lipinski definition) is 10. The molecule has 1 aromatic carbocycles.